The second kappa shape index (κ2) is 10.7. The Morgan fingerprint density at radius 2 is 1.95 bits per heavy atom. The van der Waals surface area contributed by atoms with Crippen molar-refractivity contribution < 1.29 is 28.6 Å². The molecule has 2 aliphatic rings. The van der Waals surface area contributed by atoms with Crippen LogP contribution in [0.3, 0.4) is 0 Å². The van der Waals surface area contributed by atoms with Gasteiger partial charge in [0.1, 0.15) is 6.61 Å². The number of rotatable bonds is 9. The normalized spacial score (nSPS) is 17.5. The van der Waals surface area contributed by atoms with Crippen molar-refractivity contribution >= 4 is 30.9 Å². The van der Waals surface area contributed by atoms with Crippen LogP contribution in [0.5, 0.6) is 0 Å². The van der Waals surface area contributed by atoms with Crippen molar-refractivity contribution in [1.82, 2.24) is 9.55 Å². The van der Waals surface area contributed by atoms with Gasteiger partial charge < -0.3 is 23.6 Å². The highest BCUT2D eigenvalue weighted by Gasteiger charge is 2.45. The molecule has 0 saturated carbocycles. The molecule has 0 aliphatic carbocycles. The zero-order valence-electron chi connectivity index (χ0n) is 24.1. The lowest BCUT2D eigenvalue weighted by Gasteiger charge is -2.31. The fourth-order valence-corrected chi connectivity index (χ4v) is 8.45. The first kappa shape index (κ1) is 28.1. The van der Waals surface area contributed by atoms with Crippen molar-refractivity contribution in [2.45, 2.75) is 70.1 Å². The number of carbonyl (C=O) groups excluding carboxylic acids is 2. The molecule has 3 aromatic heterocycles. The molecule has 0 radical (unpaired) electrons. The molecule has 0 amide bonds. The molecule has 6 rings (SSSR count). The van der Waals surface area contributed by atoms with E-state index < -0.39 is 25.6 Å². The van der Waals surface area contributed by atoms with Crippen molar-refractivity contribution in [2.24, 2.45) is 0 Å². The van der Waals surface area contributed by atoms with Crippen LogP contribution in [-0.4, -0.2) is 41.3 Å². The zero-order chi connectivity index (χ0) is 29.6. The van der Waals surface area contributed by atoms with Crippen LogP contribution < -0.4 is 5.56 Å². The summed E-state index contributed by atoms with van der Waals surface area (Å²) in [5.74, 6) is -0.956. The van der Waals surface area contributed by atoms with Crippen LogP contribution in [0, 0.1) is 0 Å². The number of nitrogens with zero attached hydrogens (tertiary/aromatic N) is 2. The standard InChI is InChI=1S/C32H34N2O7Si/c1-4-32(38)24-17-26-28-22(18-34(26)29(35)23(24)19-41-31(32)37)20(21-9-5-6-10-25(21)33-28)12-16-42(2,3)15-8-14-40-30(36)27-11-7-13-39-27/h5-7,9-11,13,17,38H,4,8,12,14-16,18-19H2,1-3H3. The molecule has 0 bridgehead atoms. The topological polar surface area (TPSA) is 121 Å². The van der Waals surface area contributed by atoms with Crippen molar-refractivity contribution in [3.05, 3.63) is 87.1 Å². The summed E-state index contributed by atoms with van der Waals surface area (Å²) in [4.78, 5) is 43.3. The largest absolute Gasteiger partial charge is 0.460 e. The molecule has 0 saturated heterocycles. The summed E-state index contributed by atoms with van der Waals surface area (Å²) in [6.45, 7) is 6.98. The number of benzene rings is 1. The maximum atomic E-state index is 13.7. The third kappa shape index (κ3) is 4.78. The van der Waals surface area contributed by atoms with Gasteiger partial charge in [0.2, 0.25) is 5.76 Å². The lowest BCUT2D eigenvalue weighted by Crippen LogP contribution is -2.44. The average molecular weight is 587 g/mol. The molecule has 2 aliphatic heterocycles. The van der Waals surface area contributed by atoms with Gasteiger partial charge in [-0.05, 0) is 49.1 Å². The number of furan rings is 1. The summed E-state index contributed by atoms with van der Waals surface area (Å²) in [5, 5.41) is 12.3. The highest BCUT2D eigenvalue weighted by Crippen LogP contribution is 2.41. The summed E-state index contributed by atoms with van der Waals surface area (Å²) in [7, 11) is -1.68. The zero-order valence-corrected chi connectivity index (χ0v) is 25.1. The number of aromatic nitrogens is 2. The number of para-hydroxylation sites is 1. The van der Waals surface area contributed by atoms with Crippen molar-refractivity contribution in [1.29, 1.82) is 0 Å². The van der Waals surface area contributed by atoms with E-state index in [-0.39, 0.29) is 24.3 Å². The Hall–Kier alpha value is -4.02. The first-order valence-electron chi connectivity index (χ1n) is 14.4. The number of ether oxygens (including phenoxy) is 2. The van der Waals surface area contributed by atoms with Crippen LogP contribution in [-0.2, 0) is 39.4 Å². The SMILES string of the molecule is CCC1(O)C(=O)OCc2c1cc1n(c2=O)Cc2c-1nc1ccccc1c2CC[Si](C)(C)CCCOC(=O)c1ccco1. The van der Waals surface area contributed by atoms with E-state index in [2.05, 4.69) is 19.2 Å². The molecule has 218 valence electrons. The number of aliphatic hydroxyl groups is 1. The fraction of sp³-hybridized carbons (Fsp3) is 0.375. The maximum absolute atomic E-state index is 13.7. The molecule has 9 nitrogen and oxygen atoms in total. The summed E-state index contributed by atoms with van der Waals surface area (Å²) in [6, 6.07) is 15.1. The van der Waals surface area contributed by atoms with Crippen molar-refractivity contribution in [3.8, 4) is 11.4 Å². The molecule has 10 heteroatoms. The minimum absolute atomic E-state index is 0.104. The monoisotopic (exact) mass is 586 g/mol. The van der Waals surface area contributed by atoms with Crippen LogP contribution in [0.25, 0.3) is 22.3 Å². The lowest BCUT2D eigenvalue weighted by atomic mass is 9.86. The van der Waals surface area contributed by atoms with E-state index >= 15 is 0 Å². The molecule has 1 aromatic carbocycles. The van der Waals surface area contributed by atoms with Gasteiger partial charge in [0.15, 0.2) is 5.60 Å². The van der Waals surface area contributed by atoms with Crippen LogP contribution in [0.4, 0.5) is 0 Å². The Kier molecular flexibility index (Phi) is 7.14. The number of carbonyl (C=O) groups is 2. The average Bonchev–Trinajstić information content (AvgIpc) is 3.65. The summed E-state index contributed by atoms with van der Waals surface area (Å²) >= 11 is 0. The number of esters is 2. The molecular weight excluding hydrogens is 552 g/mol. The number of hydrogen-bond acceptors (Lipinski definition) is 8. The first-order valence-corrected chi connectivity index (χ1v) is 17.8. The number of fused-ring (bicyclic) bond motifs is 5. The Morgan fingerprint density at radius 3 is 2.71 bits per heavy atom. The van der Waals surface area contributed by atoms with E-state index in [9.17, 15) is 19.5 Å². The van der Waals surface area contributed by atoms with E-state index in [4.69, 9.17) is 18.9 Å². The number of aryl methyl sites for hydroxylation is 1. The van der Waals surface area contributed by atoms with Gasteiger partial charge in [-0.1, -0.05) is 50.3 Å². The van der Waals surface area contributed by atoms with E-state index in [1.807, 2.05) is 18.2 Å². The van der Waals surface area contributed by atoms with Gasteiger partial charge in [0.25, 0.3) is 5.56 Å². The smallest absolute Gasteiger partial charge is 0.374 e. The molecule has 42 heavy (non-hydrogen) atoms. The fourth-order valence-electron chi connectivity index (χ4n) is 6.17. The highest BCUT2D eigenvalue weighted by atomic mass is 28.3. The van der Waals surface area contributed by atoms with Crippen LogP contribution in [0.1, 0.15) is 52.6 Å². The second-order valence-corrected chi connectivity index (χ2v) is 17.2. The molecule has 5 heterocycles. The molecular formula is C32H34N2O7Si. The predicted molar refractivity (Wildman–Crippen MR) is 159 cm³/mol. The van der Waals surface area contributed by atoms with E-state index in [1.165, 1.54) is 11.8 Å². The van der Waals surface area contributed by atoms with Crippen LogP contribution in [0.2, 0.25) is 25.2 Å². The number of hydrogen-bond donors (Lipinski definition) is 1. The van der Waals surface area contributed by atoms with Crippen LogP contribution >= 0.6 is 0 Å². The van der Waals surface area contributed by atoms with Gasteiger partial charge in [0, 0.05) is 24.6 Å². The minimum atomic E-state index is -1.85. The minimum Gasteiger partial charge on any atom is -0.460 e. The summed E-state index contributed by atoms with van der Waals surface area (Å²) < 4.78 is 17.4. The van der Waals surface area contributed by atoms with Gasteiger partial charge in [0.05, 0.1) is 41.9 Å². The van der Waals surface area contributed by atoms with Crippen LogP contribution in [0.15, 0.2) is 57.9 Å². The molecule has 1 unspecified atom stereocenters. The summed E-state index contributed by atoms with van der Waals surface area (Å²) in [5.41, 5.74) is 2.92. The van der Waals surface area contributed by atoms with E-state index in [0.717, 1.165) is 47.1 Å². The molecule has 4 aromatic rings. The van der Waals surface area contributed by atoms with Gasteiger partial charge in [-0.15, -0.1) is 0 Å². The quantitative estimate of drug-likeness (QED) is 0.143. The Morgan fingerprint density at radius 1 is 1.14 bits per heavy atom. The van der Waals surface area contributed by atoms with Crippen molar-refractivity contribution in [3.63, 3.8) is 0 Å². The third-order valence-corrected chi connectivity index (χ3v) is 12.0. The second-order valence-electron chi connectivity index (χ2n) is 11.9. The number of pyridine rings is 2. The lowest BCUT2D eigenvalue weighted by molar-refractivity contribution is -0.172. The molecule has 0 fully saturated rings. The Bertz CT molecular complexity index is 1760. The van der Waals surface area contributed by atoms with Gasteiger partial charge >= 0.3 is 11.9 Å². The maximum Gasteiger partial charge on any atom is 0.374 e. The van der Waals surface area contributed by atoms with Gasteiger partial charge in [-0.3, -0.25) is 4.79 Å². The highest BCUT2D eigenvalue weighted by molar-refractivity contribution is 6.77. The molecule has 1 atom stereocenters. The Labute approximate surface area is 244 Å². The first-order chi connectivity index (χ1) is 20.1. The van der Waals surface area contributed by atoms with E-state index in [1.54, 1.807) is 29.7 Å². The van der Waals surface area contributed by atoms with Gasteiger partial charge in [-0.25, -0.2) is 14.6 Å². The third-order valence-electron chi connectivity index (χ3n) is 8.72. The molecule has 0 spiro atoms. The van der Waals surface area contributed by atoms with Crippen molar-refractivity contribution in [2.75, 3.05) is 6.61 Å². The predicted octanol–water partition coefficient (Wildman–Crippen LogP) is 5.17. The molecule has 1 N–H and O–H groups in total. The summed E-state index contributed by atoms with van der Waals surface area (Å²) in [6.07, 6.45) is 3.18. The van der Waals surface area contributed by atoms with E-state index in [0.29, 0.717) is 30.0 Å². The van der Waals surface area contributed by atoms with Gasteiger partial charge in [-0.2, -0.15) is 0 Å². The number of cyclic esters (lactones) is 1. The Balaban J connectivity index is 1.28.